The molecule has 0 heterocycles. The topological polar surface area (TPSA) is 29.5 Å². The molecule has 3 rings (SSSR count). The van der Waals surface area contributed by atoms with E-state index in [0.29, 0.717) is 15.2 Å². The Morgan fingerprint density at radius 3 is 2.05 bits per heavy atom. The highest BCUT2D eigenvalue weighted by atomic mass is 31.1. The van der Waals surface area contributed by atoms with Crippen LogP contribution < -0.4 is 10.0 Å². The molecular formula is C38H55O2P. The maximum atomic E-state index is 10.8. The van der Waals surface area contributed by atoms with Gasteiger partial charge in [0.1, 0.15) is 12.4 Å². The quantitative estimate of drug-likeness (QED) is 0.172. The van der Waals surface area contributed by atoms with Crippen molar-refractivity contribution in [2.75, 3.05) is 0 Å². The Bertz CT molecular complexity index is 1260. The van der Waals surface area contributed by atoms with Crippen molar-refractivity contribution in [2.24, 2.45) is 0 Å². The van der Waals surface area contributed by atoms with Crippen LogP contribution in [0, 0.1) is 6.92 Å². The summed E-state index contributed by atoms with van der Waals surface area (Å²) in [6.07, 6.45) is 5.20. The Kier molecular flexibility index (Phi) is 11.3. The van der Waals surface area contributed by atoms with Crippen LogP contribution in [0.15, 0.2) is 60.7 Å². The smallest absolute Gasteiger partial charge is 0.127 e. The van der Waals surface area contributed by atoms with Gasteiger partial charge in [0.15, 0.2) is 0 Å². The van der Waals surface area contributed by atoms with E-state index in [0.717, 1.165) is 24.2 Å². The van der Waals surface area contributed by atoms with E-state index in [1.807, 2.05) is 6.92 Å². The molecule has 0 fully saturated rings. The molecule has 0 aliphatic heterocycles. The Labute approximate surface area is 253 Å². The summed E-state index contributed by atoms with van der Waals surface area (Å²) in [6, 6.07) is 22.1. The molecule has 0 amide bonds. The van der Waals surface area contributed by atoms with Crippen molar-refractivity contribution in [3.63, 3.8) is 0 Å². The molecule has 41 heavy (non-hydrogen) atoms. The number of unbranched alkanes of at least 4 members (excludes halogenated alkanes) is 2. The summed E-state index contributed by atoms with van der Waals surface area (Å²) < 4.78 is 6.95. The van der Waals surface area contributed by atoms with Gasteiger partial charge < -0.3 is 9.84 Å². The maximum absolute atomic E-state index is 10.8. The first kappa shape index (κ1) is 33.4. The van der Waals surface area contributed by atoms with Crippen molar-refractivity contribution in [3.05, 3.63) is 94.0 Å². The number of aryl methyl sites for hydroxylation is 1. The summed E-state index contributed by atoms with van der Waals surface area (Å²) >= 11 is 0. The lowest BCUT2D eigenvalue weighted by atomic mass is 9.76. The Morgan fingerprint density at radius 2 is 1.49 bits per heavy atom. The first-order valence-corrected chi connectivity index (χ1v) is 16.6. The Hall–Kier alpha value is -2.15. The maximum Gasteiger partial charge on any atom is 0.127 e. The molecule has 3 heteroatoms. The van der Waals surface area contributed by atoms with Gasteiger partial charge in [0.05, 0.1) is 6.10 Å². The first-order valence-electron chi connectivity index (χ1n) is 15.6. The van der Waals surface area contributed by atoms with Crippen molar-refractivity contribution in [2.45, 2.75) is 130 Å². The summed E-state index contributed by atoms with van der Waals surface area (Å²) in [5, 5.41) is 12.0. The molecule has 0 saturated heterocycles. The standard InChI is InChI=1S/C38H55O2P/c1-11-13-17-22-38(12-2,41-34-21-20-27(3)23-31(34)28(4)39)33-25-30(36(5,6)7)24-32(37(8,9)10)35(33)40-26-29-18-15-14-16-19-29/h14-16,18-21,23-25,28,39,41H,11-13,17,22,26H2,1-10H3. The number of hydrogen-bond acceptors (Lipinski definition) is 2. The minimum absolute atomic E-state index is 0.00729. The highest BCUT2D eigenvalue weighted by Gasteiger charge is 2.38. The third-order valence-electron chi connectivity index (χ3n) is 8.35. The second-order valence-corrected chi connectivity index (χ2v) is 15.7. The Balaban J connectivity index is 2.34. The lowest BCUT2D eigenvalue weighted by molar-refractivity contribution is 0.200. The van der Waals surface area contributed by atoms with E-state index in [-0.39, 0.29) is 16.0 Å². The van der Waals surface area contributed by atoms with Gasteiger partial charge in [0.2, 0.25) is 0 Å². The van der Waals surface area contributed by atoms with Crippen molar-refractivity contribution < 1.29 is 9.84 Å². The normalized spacial score (nSPS) is 14.8. The monoisotopic (exact) mass is 574 g/mol. The number of aliphatic hydroxyl groups is 1. The third kappa shape index (κ3) is 8.46. The fourth-order valence-electron chi connectivity index (χ4n) is 5.66. The predicted molar refractivity (Wildman–Crippen MR) is 180 cm³/mol. The van der Waals surface area contributed by atoms with Gasteiger partial charge in [-0.1, -0.05) is 149 Å². The van der Waals surface area contributed by atoms with E-state index in [1.54, 1.807) is 0 Å². The van der Waals surface area contributed by atoms with Gasteiger partial charge in [-0.2, -0.15) is 0 Å². The summed E-state index contributed by atoms with van der Waals surface area (Å²) in [5.74, 6) is 1.06. The highest BCUT2D eigenvalue weighted by Crippen LogP contribution is 2.54. The molecule has 3 unspecified atom stereocenters. The van der Waals surface area contributed by atoms with Crippen LogP contribution >= 0.6 is 8.58 Å². The predicted octanol–water partition coefficient (Wildman–Crippen LogP) is 10.4. The number of aliphatic hydroxyl groups excluding tert-OH is 1. The van der Waals surface area contributed by atoms with Crippen molar-refractivity contribution in [1.29, 1.82) is 0 Å². The molecule has 0 spiro atoms. The fourth-order valence-corrected chi connectivity index (χ4v) is 7.56. The molecule has 0 radical (unpaired) electrons. The zero-order chi connectivity index (χ0) is 30.4. The van der Waals surface area contributed by atoms with E-state index >= 15 is 0 Å². The number of ether oxygens (including phenoxy) is 1. The van der Waals surface area contributed by atoms with Gasteiger partial charge in [-0.3, -0.25) is 0 Å². The van der Waals surface area contributed by atoms with Crippen LogP contribution in [0.1, 0.15) is 134 Å². The zero-order valence-corrected chi connectivity index (χ0v) is 28.4. The molecule has 0 saturated carbocycles. The van der Waals surface area contributed by atoms with E-state index in [9.17, 15) is 5.11 Å². The summed E-state index contributed by atoms with van der Waals surface area (Å²) in [6.45, 7) is 23.1. The second-order valence-electron chi connectivity index (χ2n) is 14.0. The second kappa shape index (κ2) is 13.9. The zero-order valence-electron chi connectivity index (χ0n) is 27.4. The fraction of sp³-hybridized carbons (Fsp3) is 0.526. The molecule has 0 aliphatic rings. The molecule has 0 bridgehead atoms. The van der Waals surface area contributed by atoms with E-state index < -0.39 is 6.10 Å². The van der Waals surface area contributed by atoms with Crippen LogP contribution in [0.25, 0.3) is 0 Å². The van der Waals surface area contributed by atoms with Gasteiger partial charge in [-0.05, 0) is 59.5 Å². The van der Waals surface area contributed by atoms with E-state index in [2.05, 4.69) is 123 Å². The van der Waals surface area contributed by atoms with Gasteiger partial charge in [0, 0.05) is 16.3 Å². The molecule has 224 valence electrons. The lowest BCUT2D eigenvalue weighted by Crippen LogP contribution is -2.28. The van der Waals surface area contributed by atoms with Crippen LogP contribution in [0.5, 0.6) is 5.75 Å². The first-order chi connectivity index (χ1) is 19.2. The van der Waals surface area contributed by atoms with Gasteiger partial charge in [0.25, 0.3) is 0 Å². The van der Waals surface area contributed by atoms with Gasteiger partial charge >= 0.3 is 0 Å². The molecule has 0 aromatic heterocycles. The molecule has 1 N–H and O–H groups in total. The average molecular weight is 575 g/mol. The summed E-state index contributed by atoms with van der Waals surface area (Å²) in [4.78, 5) is 0. The summed E-state index contributed by atoms with van der Waals surface area (Å²) in [7, 11) is 0.529. The van der Waals surface area contributed by atoms with Crippen molar-refractivity contribution in [1.82, 2.24) is 0 Å². The van der Waals surface area contributed by atoms with Crippen LogP contribution in [0.2, 0.25) is 0 Å². The molecular weight excluding hydrogens is 519 g/mol. The SMILES string of the molecule is CCCCCC(CC)(Pc1ccc(C)cc1C(C)O)c1cc(C(C)(C)C)cc(C(C)(C)C)c1OCc1ccccc1. The molecule has 2 nitrogen and oxygen atoms in total. The van der Waals surface area contributed by atoms with Gasteiger partial charge in [-0.15, -0.1) is 0 Å². The van der Waals surface area contributed by atoms with Crippen LogP contribution in [-0.4, -0.2) is 5.11 Å². The minimum Gasteiger partial charge on any atom is -0.488 e. The van der Waals surface area contributed by atoms with Crippen LogP contribution in [0.4, 0.5) is 0 Å². The minimum atomic E-state index is -0.498. The van der Waals surface area contributed by atoms with Crippen LogP contribution in [0.3, 0.4) is 0 Å². The number of hydrogen-bond donors (Lipinski definition) is 1. The highest BCUT2D eigenvalue weighted by molar-refractivity contribution is 7.48. The third-order valence-corrected chi connectivity index (χ3v) is 10.4. The van der Waals surface area contributed by atoms with Crippen LogP contribution in [-0.2, 0) is 22.6 Å². The van der Waals surface area contributed by atoms with E-state index in [4.69, 9.17) is 4.74 Å². The molecule has 3 atom stereocenters. The van der Waals surface area contributed by atoms with E-state index in [1.165, 1.54) is 52.4 Å². The molecule has 0 aliphatic carbocycles. The summed E-state index contributed by atoms with van der Waals surface area (Å²) in [5.41, 5.74) is 7.36. The number of benzene rings is 3. The van der Waals surface area contributed by atoms with Crippen molar-refractivity contribution >= 4 is 13.9 Å². The van der Waals surface area contributed by atoms with Crippen molar-refractivity contribution in [3.8, 4) is 5.75 Å². The number of rotatable bonds is 12. The molecule has 3 aromatic rings. The average Bonchev–Trinajstić information content (AvgIpc) is 2.91. The Morgan fingerprint density at radius 1 is 0.829 bits per heavy atom. The lowest BCUT2D eigenvalue weighted by Gasteiger charge is -2.39. The van der Waals surface area contributed by atoms with Gasteiger partial charge in [-0.25, -0.2) is 0 Å². The largest absolute Gasteiger partial charge is 0.488 e. The molecule has 3 aromatic carbocycles.